The normalized spacial score (nSPS) is 11.7. The van der Waals surface area contributed by atoms with Crippen LogP contribution in [0.2, 0.25) is 0 Å². The SMILES string of the molecule is CC1=CN(CC(=O)N(CCNC(=O)CN(CCNC(=O)CN(CCNC(=O)OC(C)(C)C)C(=O)Cn2cnc3c(NC(=O)OCc4ccccc4)ncnc32)C(=O)Cn2cnc3c(NC(=O)OCc4ccccc4)ncnc32)CC(=O)NC(CCCCNC(=O)OCc2ccccc2)CN(CC(=O)O)C(=O)Cn2cnc3c(NC(=O)OCc4ccccc4)ncnc32)C(=O)CC1=O.O.[Na+].[OH-]. The molecule has 1 unspecified atom stereocenters. The number of allylic oxidation sites excluding steroid dienone is 1. The van der Waals surface area contributed by atoms with Gasteiger partial charge in [-0.2, -0.15) is 0 Å². The second-order valence-corrected chi connectivity index (χ2v) is 30.8. The summed E-state index contributed by atoms with van der Waals surface area (Å²) in [5.41, 5.74) is 2.41. The quantitative estimate of drug-likeness (QED) is 0.0107. The van der Waals surface area contributed by atoms with E-state index < -0.39 is 193 Å². The van der Waals surface area contributed by atoms with Crippen LogP contribution >= 0.6 is 0 Å². The summed E-state index contributed by atoms with van der Waals surface area (Å²) in [4.78, 5) is 248. The maximum Gasteiger partial charge on any atom is 1.00 e. The maximum atomic E-state index is 14.8. The Balaban J connectivity index is 0.00000747. The first kappa shape index (κ1) is 105. The first-order valence-electron chi connectivity index (χ1n) is 41.5. The van der Waals surface area contributed by atoms with Gasteiger partial charge in [0.05, 0.1) is 45.0 Å². The molecule has 13 amide bonds. The van der Waals surface area contributed by atoms with Crippen LogP contribution in [0, 0.1) is 0 Å². The van der Waals surface area contributed by atoms with Crippen LogP contribution in [-0.4, -0.2) is 285 Å². The van der Waals surface area contributed by atoms with Crippen molar-refractivity contribution in [1.29, 1.82) is 0 Å². The molecular formula is C86H100N25NaO23. The number of hydrogen-bond acceptors (Lipinski definition) is 30. The van der Waals surface area contributed by atoms with Gasteiger partial charge in [0.1, 0.15) is 83.7 Å². The summed E-state index contributed by atoms with van der Waals surface area (Å²) in [5, 5.41) is 31.3. The molecule has 10 aromatic rings. The minimum atomic E-state index is -1.45. The van der Waals surface area contributed by atoms with Crippen LogP contribution in [-0.2, 0) is 118 Å². The number of hydrogen-bond donors (Lipinski definition) is 9. The molecule has 0 aliphatic carbocycles. The Bertz CT molecular complexity index is 5830. The second kappa shape index (κ2) is 51.9. The summed E-state index contributed by atoms with van der Waals surface area (Å²) in [6.07, 6.45) is 3.92. The average Bonchev–Trinajstić information content (AvgIpc) is 1.67. The molecule has 0 saturated heterocycles. The predicted octanol–water partition coefficient (Wildman–Crippen LogP) is 0.197. The van der Waals surface area contributed by atoms with Crippen LogP contribution in [0.15, 0.2) is 171 Å². The Morgan fingerprint density at radius 3 is 1.18 bits per heavy atom. The standard InChI is InChI=1S/C86H97N25O21.Na.2H2O/c1-56-36-107(66(116)35-62(56)112)41-67(117)106(40-65(115)100-61(27-17-18-28-89-81(123)128-46-57-19-9-5-10-20-57)37-108(45-71(121)122)70(120)44-111-55-99-74-77(93-52-96-80(74)111)103-85(127)131-49-60-25-15-8-16-26-60)33-30-88-63(113)38-104(68(118)42-109-53-97-72-75(91-50-94-78(72)109)101-83(125)129-47-58-21-11-6-12-22-58)32-29-87-64(114)39-105(34-31-90-82(124)132-86(2,3)4)69(119)43-110-54-98-73-76(92-51-95-79(73)110)102-84(126)130-48-59-23-13-7-14-24-59;;;/h5-16,19-26,36,50-55,61H,17-18,27-35,37-49H2,1-4H3,(H,87,114)(H,88,113)(H,89,123)(H,90,124)(H,100,115)(H,121,122)(H,91,94,101,125)(H,92,95,102,126)(H,93,96,103,127);;2*1H2/q;+1;;/p-1. The topological polar surface area (TPSA) is 627 Å². The van der Waals surface area contributed by atoms with E-state index >= 15 is 0 Å². The number of rotatable bonds is 44. The van der Waals surface area contributed by atoms with Crippen molar-refractivity contribution in [3.8, 4) is 0 Å². The predicted molar refractivity (Wildman–Crippen MR) is 472 cm³/mol. The summed E-state index contributed by atoms with van der Waals surface area (Å²) in [6, 6.07) is 34.4. The second-order valence-electron chi connectivity index (χ2n) is 30.8. The van der Waals surface area contributed by atoms with E-state index in [4.69, 9.17) is 23.7 Å². The minimum Gasteiger partial charge on any atom is -0.870 e. The number of Topliss-reactive ketones (excluding diaryl/α,β-unsaturated/α-hetero) is 1. The number of fused-ring (bicyclic) bond motifs is 3. The van der Waals surface area contributed by atoms with Crippen molar-refractivity contribution in [3.63, 3.8) is 0 Å². The van der Waals surface area contributed by atoms with Gasteiger partial charge in [0.15, 0.2) is 56.7 Å². The van der Waals surface area contributed by atoms with Crippen LogP contribution in [0.3, 0.4) is 0 Å². The Morgan fingerprint density at radius 1 is 0.437 bits per heavy atom. The molecule has 11 rings (SSSR count). The van der Waals surface area contributed by atoms with Crippen LogP contribution in [0.4, 0.5) is 41.4 Å². The van der Waals surface area contributed by atoms with Gasteiger partial charge in [-0.3, -0.25) is 63.9 Å². The number of nitrogens with zero attached hydrogens (tertiary/aromatic N) is 17. The van der Waals surface area contributed by atoms with Gasteiger partial charge in [0.25, 0.3) is 0 Å². The Labute approximate surface area is 792 Å². The number of anilines is 3. The van der Waals surface area contributed by atoms with Crippen molar-refractivity contribution < 1.29 is 141 Å². The van der Waals surface area contributed by atoms with Gasteiger partial charge in [0.2, 0.25) is 47.3 Å². The zero-order chi connectivity index (χ0) is 94.1. The van der Waals surface area contributed by atoms with Gasteiger partial charge in [0, 0.05) is 70.2 Å². The number of aliphatic carboxylic acids is 1. The number of ether oxygens (including phenoxy) is 5. The van der Waals surface area contributed by atoms with E-state index in [0.717, 1.165) is 54.6 Å². The van der Waals surface area contributed by atoms with E-state index in [2.05, 4.69) is 87.4 Å². The number of ketones is 1. The van der Waals surface area contributed by atoms with Crippen LogP contribution < -0.4 is 72.1 Å². The summed E-state index contributed by atoms with van der Waals surface area (Å²) >= 11 is 0. The van der Waals surface area contributed by atoms with E-state index in [0.29, 0.717) is 11.1 Å². The first-order valence-corrected chi connectivity index (χ1v) is 41.5. The largest absolute Gasteiger partial charge is 1.00 e. The molecule has 0 fully saturated rings. The van der Waals surface area contributed by atoms with Crippen molar-refractivity contribution in [2.24, 2.45) is 0 Å². The fraction of sp³-hybridized carbons (Fsp3) is 0.349. The summed E-state index contributed by atoms with van der Waals surface area (Å²) in [5.74, 6) is -8.66. The monoisotopic (exact) mass is 1870 g/mol. The van der Waals surface area contributed by atoms with Crippen LogP contribution in [0.5, 0.6) is 0 Å². The molecule has 0 radical (unpaired) electrons. The third kappa shape index (κ3) is 33.0. The number of benzene rings is 4. The van der Waals surface area contributed by atoms with Crippen molar-refractivity contribution in [2.45, 2.75) is 111 Å². The molecule has 7 heterocycles. The first-order chi connectivity index (χ1) is 63.5. The smallest absolute Gasteiger partial charge is 0.870 e. The van der Waals surface area contributed by atoms with Gasteiger partial charge in [-0.25, -0.2) is 68.8 Å². The number of carboxylic acid groups (broad SMARTS) is 1. The zero-order valence-electron chi connectivity index (χ0n) is 74.3. The molecule has 0 saturated carbocycles. The molecule has 49 heteroatoms. The molecule has 135 heavy (non-hydrogen) atoms. The fourth-order valence-electron chi connectivity index (χ4n) is 13.1. The number of unbranched alkanes of at least 4 members (excludes halogenated alkanes) is 1. The van der Waals surface area contributed by atoms with Crippen molar-refractivity contribution >= 4 is 140 Å². The summed E-state index contributed by atoms with van der Waals surface area (Å²) in [7, 11) is 0. The molecule has 0 spiro atoms. The maximum absolute atomic E-state index is 14.8. The molecular weight excluding hydrogens is 1770 g/mol. The number of amides is 13. The summed E-state index contributed by atoms with van der Waals surface area (Å²) < 4.78 is 30.8. The number of carboxylic acids is 1. The Kier molecular flexibility index (Phi) is 40.3. The van der Waals surface area contributed by atoms with Crippen LogP contribution in [0.25, 0.3) is 33.5 Å². The van der Waals surface area contributed by atoms with E-state index in [1.165, 1.54) is 45.8 Å². The molecule has 1 atom stereocenters. The number of carbonyl (C=O) groups is 15. The van der Waals surface area contributed by atoms with Gasteiger partial charge >= 0.3 is 66.0 Å². The number of imidazole rings is 3. The minimum absolute atomic E-state index is 0. The fourth-order valence-corrected chi connectivity index (χ4v) is 13.1. The third-order valence-corrected chi connectivity index (χ3v) is 19.6. The van der Waals surface area contributed by atoms with Crippen LogP contribution in [0.1, 0.15) is 75.6 Å². The van der Waals surface area contributed by atoms with Gasteiger partial charge < -0.3 is 105 Å². The molecule has 708 valence electrons. The van der Waals surface area contributed by atoms with Gasteiger partial charge in [-0.15, -0.1) is 0 Å². The van der Waals surface area contributed by atoms with E-state index in [1.54, 1.807) is 136 Å². The van der Waals surface area contributed by atoms with E-state index in [9.17, 15) is 77.0 Å². The van der Waals surface area contributed by atoms with Crippen molar-refractivity contribution in [1.82, 2.24) is 110 Å². The van der Waals surface area contributed by atoms with Gasteiger partial charge in [-0.1, -0.05) is 121 Å². The molecule has 0 bridgehead atoms. The molecule has 6 aromatic heterocycles. The number of aromatic nitrogens is 12. The molecule has 48 nitrogen and oxygen atoms in total. The Hall–Kier alpha value is -15.6. The molecule has 1 aliphatic heterocycles. The zero-order valence-corrected chi connectivity index (χ0v) is 76.3. The summed E-state index contributed by atoms with van der Waals surface area (Å²) in [6.45, 7) is -2.10. The molecule has 12 N–H and O–H groups in total. The average molecular weight is 1870 g/mol. The Morgan fingerprint density at radius 2 is 0.793 bits per heavy atom. The number of alkyl carbamates (subject to hydrolysis) is 2. The number of carbonyl (C=O) groups excluding carboxylic acids is 14. The molecule has 1 aliphatic rings. The number of nitrogens with one attached hydrogen (secondary N) is 8. The third-order valence-electron chi connectivity index (χ3n) is 19.6. The van der Waals surface area contributed by atoms with Crippen molar-refractivity contribution in [2.75, 3.05) is 101 Å². The van der Waals surface area contributed by atoms with E-state index in [1.807, 2.05) is 6.07 Å². The van der Waals surface area contributed by atoms with Crippen molar-refractivity contribution in [3.05, 3.63) is 193 Å². The van der Waals surface area contributed by atoms with Gasteiger partial charge in [-0.05, 0) is 69.2 Å². The van der Waals surface area contributed by atoms with E-state index in [-0.39, 0.29) is 162 Å². The molecule has 4 aromatic carbocycles.